The minimum absolute atomic E-state index is 0.519. The van der Waals surface area contributed by atoms with Crippen LogP contribution in [0.5, 0.6) is 0 Å². The van der Waals surface area contributed by atoms with Crippen LogP contribution in [0, 0.1) is 11.3 Å². The Morgan fingerprint density at radius 2 is 1.47 bits per heavy atom. The summed E-state index contributed by atoms with van der Waals surface area (Å²) in [6.07, 6.45) is 0. The molecule has 90 valence electrons. The summed E-state index contributed by atoms with van der Waals surface area (Å²) in [7, 11) is 0. The van der Waals surface area contributed by atoms with E-state index in [9.17, 15) is 0 Å². The van der Waals surface area contributed by atoms with Crippen molar-refractivity contribution in [2.75, 3.05) is 5.73 Å². The van der Waals surface area contributed by atoms with Gasteiger partial charge in [0.05, 0.1) is 5.56 Å². The Bertz CT molecular complexity index is 798. The monoisotopic (exact) mass is 244 g/mol. The van der Waals surface area contributed by atoms with Crippen LogP contribution in [-0.4, -0.2) is 0 Å². The Morgan fingerprint density at radius 1 is 0.789 bits per heavy atom. The fraction of sp³-hybridized carbons (Fsp3) is 0. The predicted molar refractivity (Wildman–Crippen MR) is 78.5 cm³/mol. The fourth-order valence-corrected chi connectivity index (χ4v) is 2.20. The van der Waals surface area contributed by atoms with E-state index in [1.54, 1.807) is 6.07 Å². The Morgan fingerprint density at radius 3 is 2.26 bits per heavy atom. The highest BCUT2D eigenvalue weighted by Gasteiger charge is 2.03. The van der Waals surface area contributed by atoms with Gasteiger partial charge in [0.25, 0.3) is 0 Å². The Kier molecular flexibility index (Phi) is 2.66. The maximum absolute atomic E-state index is 9.03. The van der Waals surface area contributed by atoms with Crippen molar-refractivity contribution in [3.8, 4) is 17.2 Å². The topological polar surface area (TPSA) is 49.8 Å². The van der Waals surface area contributed by atoms with Crippen LogP contribution in [0.1, 0.15) is 5.56 Å². The molecule has 0 aliphatic heterocycles. The first-order chi connectivity index (χ1) is 9.28. The van der Waals surface area contributed by atoms with Crippen molar-refractivity contribution in [2.24, 2.45) is 0 Å². The van der Waals surface area contributed by atoms with Gasteiger partial charge in [-0.2, -0.15) is 5.26 Å². The lowest BCUT2D eigenvalue weighted by atomic mass is 9.99. The van der Waals surface area contributed by atoms with E-state index >= 15 is 0 Å². The van der Waals surface area contributed by atoms with E-state index in [4.69, 9.17) is 11.0 Å². The van der Waals surface area contributed by atoms with Crippen molar-refractivity contribution >= 4 is 16.5 Å². The van der Waals surface area contributed by atoms with Crippen molar-refractivity contribution in [2.45, 2.75) is 0 Å². The maximum atomic E-state index is 9.03. The minimum atomic E-state index is 0.519. The number of hydrogen-bond acceptors (Lipinski definition) is 2. The Balaban J connectivity index is 2.16. The Hall–Kier alpha value is -2.79. The molecule has 0 spiro atoms. The van der Waals surface area contributed by atoms with Crippen molar-refractivity contribution in [1.82, 2.24) is 0 Å². The molecule has 0 saturated heterocycles. The van der Waals surface area contributed by atoms with Gasteiger partial charge >= 0.3 is 0 Å². The lowest BCUT2D eigenvalue weighted by molar-refractivity contribution is 1.48. The third-order valence-electron chi connectivity index (χ3n) is 3.26. The highest BCUT2D eigenvalue weighted by Crippen LogP contribution is 2.26. The number of nitriles is 1. The number of rotatable bonds is 1. The summed E-state index contributed by atoms with van der Waals surface area (Å²) >= 11 is 0. The molecule has 0 aliphatic rings. The zero-order valence-corrected chi connectivity index (χ0v) is 10.3. The van der Waals surface area contributed by atoms with Gasteiger partial charge in [0.2, 0.25) is 0 Å². The third kappa shape index (κ3) is 2.02. The van der Waals surface area contributed by atoms with Crippen LogP contribution in [0.15, 0.2) is 60.7 Å². The minimum Gasteiger partial charge on any atom is -0.398 e. The molecule has 0 unspecified atom stereocenters. The van der Waals surface area contributed by atoms with Gasteiger partial charge in [-0.15, -0.1) is 0 Å². The number of anilines is 1. The molecule has 0 aromatic heterocycles. The Labute approximate surface area is 111 Å². The molecule has 0 bridgehead atoms. The van der Waals surface area contributed by atoms with Gasteiger partial charge in [-0.1, -0.05) is 42.5 Å². The lowest BCUT2D eigenvalue weighted by Crippen LogP contribution is -1.90. The predicted octanol–water partition coefficient (Wildman–Crippen LogP) is 3.96. The van der Waals surface area contributed by atoms with Gasteiger partial charge in [0, 0.05) is 5.69 Å². The summed E-state index contributed by atoms with van der Waals surface area (Å²) in [6, 6.07) is 22.2. The van der Waals surface area contributed by atoms with Gasteiger partial charge < -0.3 is 5.73 Å². The van der Waals surface area contributed by atoms with Gasteiger partial charge in [0.15, 0.2) is 0 Å². The molecule has 0 fully saturated rings. The summed E-state index contributed by atoms with van der Waals surface area (Å²) in [4.78, 5) is 0. The number of hydrogen-bond donors (Lipinski definition) is 1. The molecular formula is C17H12N2. The first-order valence-electron chi connectivity index (χ1n) is 6.07. The number of nitrogens with zero attached hydrogens (tertiary/aromatic N) is 1. The molecule has 3 aromatic rings. The number of fused-ring (bicyclic) bond motifs is 1. The fourth-order valence-electron chi connectivity index (χ4n) is 2.20. The van der Waals surface area contributed by atoms with Crippen LogP contribution in [-0.2, 0) is 0 Å². The molecule has 3 rings (SSSR count). The van der Waals surface area contributed by atoms with Crippen LogP contribution >= 0.6 is 0 Å². The largest absolute Gasteiger partial charge is 0.398 e. The molecule has 2 N–H and O–H groups in total. The smallest absolute Gasteiger partial charge is 0.101 e. The molecule has 2 heteroatoms. The van der Waals surface area contributed by atoms with Crippen LogP contribution < -0.4 is 5.73 Å². The van der Waals surface area contributed by atoms with Crippen LogP contribution in [0.2, 0.25) is 0 Å². The van der Waals surface area contributed by atoms with Crippen molar-refractivity contribution in [1.29, 1.82) is 5.26 Å². The number of nitrogens with two attached hydrogens (primary N) is 1. The second kappa shape index (κ2) is 4.47. The van der Waals surface area contributed by atoms with Crippen molar-refractivity contribution < 1.29 is 0 Å². The summed E-state index contributed by atoms with van der Waals surface area (Å²) < 4.78 is 0. The van der Waals surface area contributed by atoms with Crippen molar-refractivity contribution in [3.63, 3.8) is 0 Å². The molecule has 0 amide bonds. The summed E-state index contributed by atoms with van der Waals surface area (Å²) in [5.74, 6) is 0. The second-order valence-corrected chi connectivity index (χ2v) is 4.48. The zero-order chi connectivity index (χ0) is 13.2. The SMILES string of the molecule is N#Cc1cc(-c2ccc3ccccc3c2)ccc1N. The average molecular weight is 244 g/mol. The van der Waals surface area contributed by atoms with Crippen LogP contribution in [0.3, 0.4) is 0 Å². The van der Waals surface area contributed by atoms with Crippen LogP contribution in [0.4, 0.5) is 5.69 Å². The molecule has 0 saturated carbocycles. The van der Waals surface area contributed by atoms with Crippen LogP contribution in [0.25, 0.3) is 21.9 Å². The number of nitrogen functional groups attached to an aromatic ring is 1. The van der Waals surface area contributed by atoms with E-state index in [1.165, 1.54) is 10.8 Å². The lowest BCUT2D eigenvalue weighted by Gasteiger charge is -2.06. The van der Waals surface area contributed by atoms with Gasteiger partial charge in [-0.25, -0.2) is 0 Å². The summed E-state index contributed by atoms with van der Waals surface area (Å²) in [6.45, 7) is 0. The standard InChI is InChI=1S/C17H12N2/c18-11-16-10-15(7-8-17(16)19)14-6-5-12-3-1-2-4-13(12)9-14/h1-10H,19H2. The van der Waals surface area contributed by atoms with E-state index < -0.39 is 0 Å². The second-order valence-electron chi connectivity index (χ2n) is 4.48. The third-order valence-corrected chi connectivity index (χ3v) is 3.26. The summed E-state index contributed by atoms with van der Waals surface area (Å²) in [5.41, 5.74) is 8.89. The van der Waals surface area contributed by atoms with Gasteiger partial charge in [-0.05, 0) is 40.1 Å². The number of benzene rings is 3. The molecule has 0 atom stereocenters. The zero-order valence-electron chi connectivity index (χ0n) is 10.3. The van der Waals surface area contributed by atoms with E-state index in [2.05, 4.69) is 36.4 Å². The first kappa shape index (κ1) is 11.3. The molecule has 0 radical (unpaired) electrons. The van der Waals surface area contributed by atoms with E-state index in [0.717, 1.165) is 11.1 Å². The molecular weight excluding hydrogens is 232 g/mol. The summed E-state index contributed by atoms with van der Waals surface area (Å²) in [5, 5.41) is 11.4. The van der Waals surface area contributed by atoms with Gasteiger partial charge in [-0.3, -0.25) is 0 Å². The van der Waals surface area contributed by atoms with Gasteiger partial charge in [0.1, 0.15) is 6.07 Å². The highest BCUT2D eigenvalue weighted by molar-refractivity contribution is 5.87. The molecule has 3 aromatic carbocycles. The van der Waals surface area contributed by atoms with E-state index in [0.29, 0.717) is 11.3 Å². The van der Waals surface area contributed by atoms with E-state index in [-0.39, 0.29) is 0 Å². The molecule has 19 heavy (non-hydrogen) atoms. The van der Waals surface area contributed by atoms with Crippen molar-refractivity contribution in [3.05, 3.63) is 66.2 Å². The first-order valence-corrected chi connectivity index (χ1v) is 6.07. The molecule has 2 nitrogen and oxygen atoms in total. The van der Waals surface area contributed by atoms with E-state index in [1.807, 2.05) is 24.3 Å². The normalized spacial score (nSPS) is 10.3. The maximum Gasteiger partial charge on any atom is 0.101 e. The molecule has 0 heterocycles. The average Bonchev–Trinajstić information content (AvgIpc) is 2.47. The quantitative estimate of drug-likeness (QED) is 0.659. The molecule has 0 aliphatic carbocycles. The highest BCUT2D eigenvalue weighted by atomic mass is 14.6.